The number of aryl methyl sites for hydroxylation is 1. The first-order valence-corrected chi connectivity index (χ1v) is 8.17. The lowest BCUT2D eigenvalue weighted by molar-refractivity contribution is 0.167. The van der Waals surface area contributed by atoms with E-state index in [9.17, 15) is 0 Å². The molecule has 3 N–H and O–H groups in total. The summed E-state index contributed by atoms with van der Waals surface area (Å²) in [4.78, 5) is 1.19. The first-order valence-electron chi connectivity index (χ1n) is 7.18. The number of nitrogens with zero attached hydrogens (tertiary/aromatic N) is 2. The van der Waals surface area contributed by atoms with E-state index < -0.39 is 0 Å². The van der Waals surface area contributed by atoms with Crippen molar-refractivity contribution in [2.45, 2.75) is 36.9 Å². The number of nitrogens with two attached hydrogens (primary N) is 1. The van der Waals surface area contributed by atoms with Crippen LogP contribution in [0.15, 0.2) is 41.6 Å². The van der Waals surface area contributed by atoms with Crippen LogP contribution in [-0.4, -0.2) is 21.6 Å². The summed E-state index contributed by atoms with van der Waals surface area (Å²) in [5, 5.41) is 4.37. The van der Waals surface area contributed by atoms with Crippen LogP contribution in [0.1, 0.15) is 24.9 Å². The van der Waals surface area contributed by atoms with Crippen LogP contribution in [0.25, 0.3) is 0 Å². The van der Waals surface area contributed by atoms with Crippen LogP contribution in [0.4, 0.5) is 0 Å². The minimum Gasteiger partial charge on any atom is -0.486 e. The van der Waals surface area contributed by atoms with E-state index in [2.05, 4.69) is 23.5 Å². The summed E-state index contributed by atoms with van der Waals surface area (Å²) in [7, 11) is 0. The molecule has 2 aromatic rings. The smallest absolute Gasteiger partial charge is 0.133 e. The van der Waals surface area contributed by atoms with Crippen LogP contribution in [0.5, 0.6) is 5.75 Å². The maximum atomic E-state index is 6.11. The first kappa shape index (κ1) is 14.4. The number of ether oxygens (including phenoxy) is 1. The third kappa shape index (κ3) is 3.07. The number of hydrogen-bond donors (Lipinski definition) is 2. The molecule has 1 aromatic carbocycles. The van der Waals surface area contributed by atoms with Gasteiger partial charge in [-0.25, -0.2) is 5.43 Å². The highest BCUT2D eigenvalue weighted by atomic mass is 32.2. The first-order chi connectivity index (χ1) is 10.3. The van der Waals surface area contributed by atoms with E-state index in [0.717, 1.165) is 30.0 Å². The van der Waals surface area contributed by atoms with Gasteiger partial charge in [0.1, 0.15) is 11.9 Å². The minimum absolute atomic E-state index is 0.00539. The Bertz CT molecular complexity index is 601. The molecule has 2 unspecified atom stereocenters. The van der Waals surface area contributed by atoms with Gasteiger partial charge in [0.25, 0.3) is 0 Å². The van der Waals surface area contributed by atoms with Gasteiger partial charge in [0.05, 0.1) is 12.2 Å². The molecule has 2 heterocycles. The molecule has 3 rings (SSSR count). The van der Waals surface area contributed by atoms with Crippen molar-refractivity contribution in [3.63, 3.8) is 0 Å². The van der Waals surface area contributed by atoms with Gasteiger partial charge in [-0.3, -0.25) is 10.5 Å². The van der Waals surface area contributed by atoms with Crippen molar-refractivity contribution < 1.29 is 4.74 Å². The van der Waals surface area contributed by atoms with Gasteiger partial charge in [0.15, 0.2) is 0 Å². The van der Waals surface area contributed by atoms with Crippen molar-refractivity contribution >= 4 is 11.8 Å². The van der Waals surface area contributed by atoms with Gasteiger partial charge in [0.2, 0.25) is 0 Å². The highest BCUT2D eigenvalue weighted by Crippen LogP contribution is 2.38. The van der Waals surface area contributed by atoms with E-state index in [0.29, 0.717) is 0 Å². The second-order valence-electron chi connectivity index (χ2n) is 5.10. The van der Waals surface area contributed by atoms with E-state index in [1.165, 1.54) is 4.90 Å². The Morgan fingerprint density at radius 3 is 3.19 bits per heavy atom. The van der Waals surface area contributed by atoms with Crippen LogP contribution in [0.3, 0.4) is 0 Å². The predicted octanol–water partition coefficient (Wildman–Crippen LogP) is 2.35. The fourth-order valence-corrected chi connectivity index (χ4v) is 3.55. The fraction of sp³-hybridized carbons (Fsp3) is 0.400. The van der Waals surface area contributed by atoms with Gasteiger partial charge in [-0.1, -0.05) is 19.1 Å². The van der Waals surface area contributed by atoms with Crippen LogP contribution in [0.2, 0.25) is 0 Å². The highest BCUT2D eigenvalue weighted by Gasteiger charge is 2.29. The summed E-state index contributed by atoms with van der Waals surface area (Å²) in [5.74, 6) is 7.56. The second-order valence-corrected chi connectivity index (χ2v) is 6.16. The molecular weight excluding hydrogens is 284 g/mol. The third-order valence-corrected chi connectivity index (χ3v) is 4.69. The molecule has 0 aliphatic carbocycles. The molecular formula is C15H20N4OS. The number of thioether (sulfide) groups is 1. The maximum absolute atomic E-state index is 6.11. The number of benzene rings is 1. The van der Waals surface area contributed by atoms with Gasteiger partial charge in [-0.2, -0.15) is 5.10 Å². The molecule has 1 aromatic heterocycles. The Balaban J connectivity index is 1.77. The molecule has 0 saturated heterocycles. The molecule has 0 saturated carbocycles. The molecule has 0 amide bonds. The second kappa shape index (κ2) is 6.51. The van der Waals surface area contributed by atoms with Crippen LogP contribution in [0, 0.1) is 0 Å². The molecule has 0 radical (unpaired) electrons. The van der Waals surface area contributed by atoms with Crippen LogP contribution >= 0.6 is 11.8 Å². The maximum Gasteiger partial charge on any atom is 0.133 e. The highest BCUT2D eigenvalue weighted by molar-refractivity contribution is 7.99. The number of aromatic nitrogens is 2. The zero-order valence-corrected chi connectivity index (χ0v) is 12.8. The van der Waals surface area contributed by atoms with Crippen molar-refractivity contribution in [1.29, 1.82) is 0 Å². The lowest BCUT2D eigenvalue weighted by Crippen LogP contribution is -2.41. The van der Waals surface area contributed by atoms with Crippen molar-refractivity contribution in [3.8, 4) is 5.75 Å². The van der Waals surface area contributed by atoms with Gasteiger partial charge in [-0.15, -0.1) is 11.8 Å². The summed E-state index contributed by atoms with van der Waals surface area (Å²) in [6.07, 6.45) is 4.97. The molecule has 0 fully saturated rings. The molecule has 0 bridgehead atoms. The van der Waals surface area contributed by atoms with Crippen molar-refractivity contribution in [2.24, 2.45) is 5.84 Å². The topological polar surface area (TPSA) is 65.1 Å². The van der Waals surface area contributed by atoms with Crippen molar-refractivity contribution in [3.05, 3.63) is 42.2 Å². The number of hydrazine groups is 1. The van der Waals surface area contributed by atoms with E-state index in [1.54, 1.807) is 11.8 Å². The zero-order valence-electron chi connectivity index (χ0n) is 12.0. The Labute approximate surface area is 128 Å². The quantitative estimate of drug-likeness (QED) is 0.656. The molecule has 1 aliphatic heterocycles. The van der Waals surface area contributed by atoms with Crippen LogP contribution in [-0.2, 0) is 6.54 Å². The summed E-state index contributed by atoms with van der Waals surface area (Å²) in [5.41, 5.74) is 3.95. The van der Waals surface area contributed by atoms with Gasteiger partial charge >= 0.3 is 0 Å². The number of rotatable bonds is 5. The van der Waals surface area contributed by atoms with E-state index >= 15 is 0 Å². The molecule has 2 atom stereocenters. The van der Waals surface area contributed by atoms with Crippen molar-refractivity contribution in [2.75, 3.05) is 5.75 Å². The average Bonchev–Trinajstić information content (AvgIpc) is 2.97. The monoisotopic (exact) mass is 304 g/mol. The third-order valence-electron chi connectivity index (χ3n) is 3.55. The average molecular weight is 304 g/mol. The SMILES string of the molecule is CCCn1cc(C(NN)C2CSc3ccccc3O2)cn1. The predicted molar refractivity (Wildman–Crippen MR) is 84.2 cm³/mol. The van der Waals surface area contributed by atoms with E-state index in [4.69, 9.17) is 10.6 Å². The molecule has 5 nitrogen and oxygen atoms in total. The Hall–Kier alpha value is -1.50. The Morgan fingerprint density at radius 2 is 2.38 bits per heavy atom. The Morgan fingerprint density at radius 1 is 1.52 bits per heavy atom. The number of nitrogens with one attached hydrogen (secondary N) is 1. The molecule has 21 heavy (non-hydrogen) atoms. The van der Waals surface area contributed by atoms with Gasteiger partial charge in [-0.05, 0) is 18.6 Å². The molecule has 112 valence electrons. The zero-order chi connectivity index (χ0) is 14.7. The van der Waals surface area contributed by atoms with E-state index in [-0.39, 0.29) is 12.1 Å². The van der Waals surface area contributed by atoms with E-state index in [1.807, 2.05) is 35.3 Å². The van der Waals surface area contributed by atoms with Crippen LogP contribution < -0.4 is 16.0 Å². The number of fused-ring (bicyclic) bond motifs is 1. The fourth-order valence-electron chi connectivity index (χ4n) is 2.51. The van der Waals surface area contributed by atoms with Gasteiger partial charge < -0.3 is 4.74 Å². The molecule has 1 aliphatic rings. The minimum atomic E-state index is -0.0588. The Kier molecular flexibility index (Phi) is 4.48. The summed E-state index contributed by atoms with van der Waals surface area (Å²) >= 11 is 1.80. The normalized spacial score (nSPS) is 18.9. The summed E-state index contributed by atoms with van der Waals surface area (Å²) < 4.78 is 8.06. The molecule has 6 heteroatoms. The molecule has 0 spiro atoms. The summed E-state index contributed by atoms with van der Waals surface area (Å²) in [6, 6.07) is 8.05. The summed E-state index contributed by atoms with van der Waals surface area (Å²) in [6.45, 7) is 3.05. The largest absolute Gasteiger partial charge is 0.486 e. The standard InChI is InChI=1S/C15H20N4OS/c1-2-7-19-9-11(8-17-19)15(18-16)13-10-21-14-6-4-3-5-12(14)20-13/h3-6,8-9,13,15,18H,2,7,10,16H2,1H3. The lowest BCUT2D eigenvalue weighted by atomic mass is 10.1. The lowest BCUT2D eigenvalue weighted by Gasteiger charge is -2.30. The van der Waals surface area contributed by atoms with Gasteiger partial charge in [0, 0.05) is 29.0 Å². The number of hydrogen-bond acceptors (Lipinski definition) is 5. The van der Waals surface area contributed by atoms with Crippen molar-refractivity contribution in [1.82, 2.24) is 15.2 Å². The number of para-hydroxylation sites is 1.